The molecule has 31 heavy (non-hydrogen) atoms. The van der Waals surface area contributed by atoms with Gasteiger partial charge in [-0.3, -0.25) is 0 Å². The minimum Gasteiger partial charge on any atom is -0.457 e. The summed E-state index contributed by atoms with van der Waals surface area (Å²) in [6.07, 6.45) is 4.68. The van der Waals surface area contributed by atoms with Crippen LogP contribution in [-0.4, -0.2) is 10.9 Å². The molecule has 0 saturated carbocycles. The van der Waals surface area contributed by atoms with E-state index >= 15 is 0 Å². The number of carbonyl (C=O) groups is 1. The van der Waals surface area contributed by atoms with Gasteiger partial charge < -0.3 is 14.1 Å². The van der Waals surface area contributed by atoms with E-state index in [-0.39, 0.29) is 11.3 Å². The number of para-hydroxylation sites is 1. The van der Waals surface area contributed by atoms with Crippen LogP contribution in [0.3, 0.4) is 0 Å². The largest absolute Gasteiger partial charge is 0.457 e. The van der Waals surface area contributed by atoms with Crippen molar-refractivity contribution < 1.29 is 9.53 Å². The molecule has 0 spiro atoms. The van der Waals surface area contributed by atoms with Crippen LogP contribution < -0.4 is 4.74 Å². The lowest BCUT2D eigenvalue weighted by Gasteiger charge is -2.22. The zero-order valence-corrected chi connectivity index (χ0v) is 17.7. The van der Waals surface area contributed by atoms with E-state index in [2.05, 4.69) is 48.9 Å². The Kier molecular flexibility index (Phi) is 4.74. The van der Waals surface area contributed by atoms with E-state index < -0.39 is 0 Å². The number of fused-ring (bicyclic) bond motifs is 1. The first-order valence-electron chi connectivity index (χ1n) is 10.6. The molecule has 0 fully saturated rings. The lowest BCUT2D eigenvalue weighted by atomic mass is 9.78. The normalized spacial score (nSPS) is 16.6. The van der Waals surface area contributed by atoms with Crippen molar-refractivity contribution in [3.8, 4) is 33.8 Å². The predicted molar refractivity (Wildman–Crippen MR) is 123 cm³/mol. The van der Waals surface area contributed by atoms with Crippen molar-refractivity contribution in [1.29, 1.82) is 0 Å². The summed E-state index contributed by atoms with van der Waals surface area (Å²) < 4.78 is 8.09. The topological polar surface area (TPSA) is 31.2 Å². The van der Waals surface area contributed by atoms with Crippen LogP contribution in [0.15, 0.2) is 84.9 Å². The van der Waals surface area contributed by atoms with E-state index in [1.165, 1.54) is 0 Å². The van der Waals surface area contributed by atoms with E-state index in [0.29, 0.717) is 0 Å². The van der Waals surface area contributed by atoms with Gasteiger partial charge in [0.1, 0.15) is 17.8 Å². The molecular formula is C28H24NO2. The lowest BCUT2D eigenvalue weighted by Crippen LogP contribution is -2.19. The average molecular weight is 407 g/mol. The maximum absolute atomic E-state index is 12.1. The average Bonchev–Trinajstić information content (AvgIpc) is 3.26. The summed E-state index contributed by atoms with van der Waals surface area (Å²) in [5, 5.41) is 0. The highest BCUT2D eigenvalue weighted by Crippen LogP contribution is 2.50. The van der Waals surface area contributed by atoms with Crippen molar-refractivity contribution in [2.75, 3.05) is 0 Å². The van der Waals surface area contributed by atoms with Gasteiger partial charge in [-0.2, -0.15) is 0 Å². The number of aldehydes is 1. The Balaban J connectivity index is 1.58. The number of aromatic nitrogens is 1. The van der Waals surface area contributed by atoms with E-state index in [1.54, 1.807) is 0 Å². The van der Waals surface area contributed by atoms with Gasteiger partial charge in [-0.05, 0) is 40.8 Å². The molecule has 1 atom stereocenters. The van der Waals surface area contributed by atoms with Crippen LogP contribution in [-0.2, 0) is 11.3 Å². The quantitative estimate of drug-likeness (QED) is 0.344. The second-order valence-electron chi connectivity index (χ2n) is 8.74. The van der Waals surface area contributed by atoms with Crippen molar-refractivity contribution >= 4 is 6.29 Å². The number of benzene rings is 3. The predicted octanol–water partition coefficient (Wildman–Crippen LogP) is 6.74. The first kappa shape index (κ1) is 19.4. The fourth-order valence-electron chi connectivity index (χ4n) is 4.51. The van der Waals surface area contributed by atoms with E-state index in [0.717, 1.165) is 52.3 Å². The maximum Gasteiger partial charge on any atom is 0.129 e. The first-order valence-corrected chi connectivity index (χ1v) is 10.6. The van der Waals surface area contributed by atoms with Gasteiger partial charge in [0.15, 0.2) is 0 Å². The van der Waals surface area contributed by atoms with Gasteiger partial charge in [0.05, 0.1) is 12.1 Å². The Bertz CT molecular complexity index is 1210. The minimum absolute atomic E-state index is 0.122. The molecule has 1 aromatic heterocycles. The number of hydrogen-bond donors (Lipinski definition) is 0. The molecule has 4 aromatic rings. The van der Waals surface area contributed by atoms with E-state index in [4.69, 9.17) is 4.74 Å². The fraction of sp³-hybridized carbons (Fsp3) is 0.179. The highest BCUT2D eigenvalue weighted by molar-refractivity contribution is 5.88. The summed E-state index contributed by atoms with van der Waals surface area (Å²) in [5.74, 6) is 1.44. The third kappa shape index (κ3) is 3.46. The molecule has 5 rings (SSSR count). The highest BCUT2D eigenvalue weighted by Gasteiger charge is 2.42. The highest BCUT2D eigenvalue weighted by atomic mass is 16.5. The number of hydrogen-bond acceptors (Lipinski definition) is 2. The molecule has 0 bridgehead atoms. The minimum atomic E-state index is -0.159. The van der Waals surface area contributed by atoms with Gasteiger partial charge >= 0.3 is 0 Å². The Morgan fingerprint density at radius 2 is 1.48 bits per heavy atom. The summed E-state index contributed by atoms with van der Waals surface area (Å²) in [7, 11) is 0. The maximum atomic E-state index is 12.1. The summed E-state index contributed by atoms with van der Waals surface area (Å²) >= 11 is 0. The zero-order valence-electron chi connectivity index (χ0n) is 17.7. The molecule has 153 valence electrons. The van der Waals surface area contributed by atoms with Gasteiger partial charge in [-0.1, -0.05) is 74.5 Å². The Morgan fingerprint density at radius 1 is 0.871 bits per heavy atom. The molecular weight excluding hydrogens is 382 g/mol. The molecule has 0 amide bonds. The standard InChI is InChI=1S/C28H24NO2/c1-28(2)19-29-17-24(26(27(29)25(28)18-30)21-9-5-3-6-10-21)20-13-15-23(16-14-20)31-22-11-7-4-8-12-22/h3-16,18,25H,19H2,1-2H3. The van der Waals surface area contributed by atoms with Crippen molar-refractivity contribution in [3.63, 3.8) is 0 Å². The summed E-state index contributed by atoms with van der Waals surface area (Å²) in [6, 6.07) is 28.1. The molecule has 1 unspecified atom stereocenters. The van der Waals surface area contributed by atoms with Gasteiger partial charge in [-0.25, -0.2) is 0 Å². The smallest absolute Gasteiger partial charge is 0.129 e. The fourth-order valence-corrected chi connectivity index (χ4v) is 4.51. The van der Waals surface area contributed by atoms with Crippen LogP contribution in [0, 0.1) is 11.6 Å². The molecule has 2 heterocycles. The van der Waals surface area contributed by atoms with Gasteiger partial charge in [-0.15, -0.1) is 0 Å². The van der Waals surface area contributed by atoms with Crippen LogP contribution in [0.5, 0.6) is 11.5 Å². The monoisotopic (exact) mass is 406 g/mol. The second kappa shape index (κ2) is 7.59. The third-order valence-electron chi connectivity index (χ3n) is 6.07. The number of ether oxygens (including phenoxy) is 1. The van der Waals surface area contributed by atoms with Crippen LogP contribution in [0.25, 0.3) is 22.3 Å². The third-order valence-corrected chi connectivity index (χ3v) is 6.07. The summed E-state index contributed by atoms with van der Waals surface area (Å²) in [6.45, 7) is 5.08. The summed E-state index contributed by atoms with van der Waals surface area (Å²) in [4.78, 5) is 12.1. The molecule has 1 aliphatic rings. The van der Waals surface area contributed by atoms with Crippen molar-refractivity contribution in [2.45, 2.75) is 26.3 Å². The number of carbonyl (C=O) groups excluding carboxylic acids is 1. The number of nitrogens with zero attached hydrogens (tertiary/aromatic N) is 1. The van der Waals surface area contributed by atoms with Crippen LogP contribution in [0.2, 0.25) is 0 Å². The molecule has 1 aliphatic heterocycles. The Hall–Kier alpha value is -3.59. The van der Waals surface area contributed by atoms with Crippen molar-refractivity contribution in [2.24, 2.45) is 5.41 Å². The molecule has 0 aliphatic carbocycles. The van der Waals surface area contributed by atoms with Crippen LogP contribution >= 0.6 is 0 Å². The number of rotatable bonds is 5. The lowest BCUT2D eigenvalue weighted by molar-refractivity contribution is -0.110. The van der Waals surface area contributed by atoms with Crippen molar-refractivity contribution in [1.82, 2.24) is 4.57 Å². The summed E-state index contributed by atoms with van der Waals surface area (Å²) in [5.41, 5.74) is 5.23. The van der Waals surface area contributed by atoms with Crippen molar-refractivity contribution in [3.05, 3.63) is 96.8 Å². The van der Waals surface area contributed by atoms with Gasteiger partial charge in [0.2, 0.25) is 0 Å². The SMILES string of the molecule is CC1(C)Cn2[c]c(-c3ccc(Oc4ccccc4)cc3)c(-c3ccccc3)c2C1C=O. The molecule has 0 saturated heterocycles. The van der Waals surface area contributed by atoms with E-state index in [9.17, 15) is 4.79 Å². The molecule has 3 aromatic carbocycles. The molecule has 3 heteroatoms. The first-order chi connectivity index (χ1) is 15.1. The molecule has 3 nitrogen and oxygen atoms in total. The van der Waals surface area contributed by atoms with Crippen LogP contribution in [0.1, 0.15) is 25.5 Å². The van der Waals surface area contributed by atoms with Gasteiger partial charge in [0, 0.05) is 23.4 Å². The van der Waals surface area contributed by atoms with Gasteiger partial charge in [0.25, 0.3) is 0 Å². The Labute approximate surface area is 182 Å². The molecule has 1 radical (unpaired) electrons. The second-order valence-corrected chi connectivity index (χ2v) is 8.74. The van der Waals surface area contributed by atoms with Crippen LogP contribution in [0.4, 0.5) is 0 Å². The zero-order chi connectivity index (χ0) is 21.4. The van der Waals surface area contributed by atoms with E-state index in [1.807, 2.05) is 60.7 Å². The molecule has 0 N–H and O–H groups in total. The Morgan fingerprint density at radius 3 is 2.13 bits per heavy atom.